The smallest absolute Gasteiger partial charge is 0.0584 e. The highest BCUT2D eigenvalue weighted by Gasteiger charge is 2.29. The molecular weight excluding hydrogens is 222 g/mol. The molecule has 2 aliphatic carbocycles. The number of nitrogens with two attached hydrogens (primary N) is 1. The summed E-state index contributed by atoms with van der Waals surface area (Å²) in [5.74, 6) is 1.92. The van der Waals surface area contributed by atoms with E-state index in [4.69, 9.17) is 5.73 Å². The Kier molecular flexibility index (Phi) is 3.62. The van der Waals surface area contributed by atoms with Crippen LogP contribution in [0, 0.1) is 11.8 Å². The van der Waals surface area contributed by atoms with Crippen molar-refractivity contribution >= 4 is 0 Å². The fourth-order valence-corrected chi connectivity index (χ4v) is 2.57. The number of hydrogen-bond donors (Lipinski definition) is 1. The maximum atomic E-state index is 5.77. The molecule has 2 N–H and O–H groups in total. The van der Waals surface area contributed by atoms with E-state index in [1.54, 1.807) is 0 Å². The second kappa shape index (κ2) is 5.37. The average Bonchev–Trinajstić information content (AvgIpc) is 3.26. The van der Waals surface area contributed by atoms with E-state index in [1.165, 1.54) is 44.3 Å². The zero-order valence-electron chi connectivity index (χ0n) is 11.0. The van der Waals surface area contributed by atoms with Crippen LogP contribution < -0.4 is 5.73 Å². The lowest BCUT2D eigenvalue weighted by molar-refractivity contribution is 0.243. The molecule has 0 spiro atoms. The molecule has 3 rings (SSSR count). The van der Waals surface area contributed by atoms with Crippen molar-refractivity contribution in [3.05, 3.63) is 29.6 Å². The molecule has 0 amide bonds. The van der Waals surface area contributed by atoms with E-state index in [0.29, 0.717) is 6.54 Å². The molecule has 98 valence electrons. The van der Waals surface area contributed by atoms with Crippen molar-refractivity contribution in [1.82, 2.24) is 9.88 Å². The summed E-state index contributed by atoms with van der Waals surface area (Å²) < 4.78 is 0. The third-order valence-corrected chi connectivity index (χ3v) is 4.00. The minimum Gasteiger partial charge on any atom is -0.325 e. The molecule has 2 aliphatic rings. The molecule has 0 unspecified atom stereocenters. The highest BCUT2D eigenvalue weighted by molar-refractivity contribution is 5.19. The van der Waals surface area contributed by atoms with Crippen molar-refractivity contribution in [2.45, 2.75) is 38.8 Å². The first kappa shape index (κ1) is 12.1. The van der Waals surface area contributed by atoms with E-state index in [0.717, 1.165) is 24.1 Å². The second-order valence-corrected chi connectivity index (χ2v) is 5.89. The quantitative estimate of drug-likeness (QED) is 0.800. The highest BCUT2D eigenvalue weighted by atomic mass is 15.1. The topological polar surface area (TPSA) is 42.1 Å². The third kappa shape index (κ3) is 3.30. The van der Waals surface area contributed by atoms with Crippen molar-refractivity contribution in [3.8, 4) is 0 Å². The van der Waals surface area contributed by atoms with Crippen LogP contribution in [0.5, 0.6) is 0 Å². The van der Waals surface area contributed by atoms with Gasteiger partial charge in [0, 0.05) is 32.4 Å². The predicted octanol–water partition coefficient (Wildman–Crippen LogP) is 2.16. The van der Waals surface area contributed by atoms with Gasteiger partial charge in [-0.2, -0.15) is 0 Å². The van der Waals surface area contributed by atoms with Gasteiger partial charge in [-0.1, -0.05) is 6.07 Å². The molecule has 3 heteroatoms. The molecule has 0 atom stereocenters. The molecule has 1 aromatic heterocycles. The van der Waals surface area contributed by atoms with E-state index in [9.17, 15) is 0 Å². The van der Waals surface area contributed by atoms with E-state index in [2.05, 4.69) is 16.0 Å². The molecular formula is C15H23N3. The summed E-state index contributed by atoms with van der Waals surface area (Å²) in [6.45, 7) is 4.13. The average molecular weight is 245 g/mol. The Labute approximate surface area is 109 Å². The van der Waals surface area contributed by atoms with E-state index >= 15 is 0 Å². The largest absolute Gasteiger partial charge is 0.325 e. The maximum Gasteiger partial charge on any atom is 0.0584 e. The Balaban J connectivity index is 1.65. The molecule has 18 heavy (non-hydrogen) atoms. The Morgan fingerprint density at radius 2 is 1.83 bits per heavy atom. The van der Waals surface area contributed by atoms with Gasteiger partial charge in [0.2, 0.25) is 0 Å². The van der Waals surface area contributed by atoms with Gasteiger partial charge in [0.25, 0.3) is 0 Å². The summed E-state index contributed by atoms with van der Waals surface area (Å²) in [7, 11) is 0. The van der Waals surface area contributed by atoms with Crippen LogP contribution in [0.15, 0.2) is 18.3 Å². The summed E-state index contributed by atoms with van der Waals surface area (Å²) in [6.07, 6.45) is 7.56. The molecule has 1 heterocycles. The fraction of sp³-hybridized carbons (Fsp3) is 0.667. The normalized spacial score (nSPS) is 19.4. The van der Waals surface area contributed by atoms with E-state index in [1.807, 2.05) is 12.3 Å². The van der Waals surface area contributed by atoms with Gasteiger partial charge >= 0.3 is 0 Å². The van der Waals surface area contributed by atoms with Gasteiger partial charge in [-0.3, -0.25) is 9.88 Å². The number of rotatable bonds is 7. The van der Waals surface area contributed by atoms with Crippen LogP contribution >= 0.6 is 0 Å². The predicted molar refractivity (Wildman–Crippen MR) is 72.9 cm³/mol. The van der Waals surface area contributed by atoms with Gasteiger partial charge in [0.15, 0.2) is 0 Å². The number of hydrogen-bond acceptors (Lipinski definition) is 3. The van der Waals surface area contributed by atoms with Crippen LogP contribution in [-0.2, 0) is 13.1 Å². The molecule has 2 fully saturated rings. The van der Waals surface area contributed by atoms with Crippen molar-refractivity contribution in [2.24, 2.45) is 17.6 Å². The van der Waals surface area contributed by atoms with Gasteiger partial charge in [-0.15, -0.1) is 0 Å². The Hall–Kier alpha value is -0.930. The monoisotopic (exact) mass is 245 g/mol. The standard InChI is InChI=1S/C15H23N3/c16-8-15-14(2-1-7-17-15)11-18(9-12-3-4-12)10-13-5-6-13/h1-2,7,12-13H,3-6,8-11,16H2. The van der Waals surface area contributed by atoms with Gasteiger partial charge < -0.3 is 5.73 Å². The van der Waals surface area contributed by atoms with Crippen LogP contribution in [0.25, 0.3) is 0 Å². The highest BCUT2D eigenvalue weighted by Crippen LogP contribution is 2.34. The molecule has 0 bridgehead atoms. The number of pyridine rings is 1. The molecule has 0 aromatic carbocycles. The molecule has 0 aliphatic heterocycles. The van der Waals surface area contributed by atoms with Crippen LogP contribution in [0.2, 0.25) is 0 Å². The summed E-state index contributed by atoms with van der Waals surface area (Å²) >= 11 is 0. The molecule has 3 nitrogen and oxygen atoms in total. The fourth-order valence-electron chi connectivity index (χ4n) is 2.57. The molecule has 0 saturated heterocycles. The number of nitrogens with zero attached hydrogens (tertiary/aromatic N) is 2. The second-order valence-electron chi connectivity index (χ2n) is 5.89. The maximum absolute atomic E-state index is 5.77. The molecule has 2 saturated carbocycles. The summed E-state index contributed by atoms with van der Waals surface area (Å²) in [5, 5.41) is 0. The van der Waals surface area contributed by atoms with Gasteiger partial charge in [-0.25, -0.2) is 0 Å². The zero-order chi connectivity index (χ0) is 12.4. The summed E-state index contributed by atoms with van der Waals surface area (Å²) in [6, 6.07) is 4.21. The first-order valence-electron chi connectivity index (χ1n) is 7.20. The first-order chi connectivity index (χ1) is 8.85. The molecule has 1 aromatic rings. The van der Waals surface area contributed by atoms with Crippen LogP contribution in [0.1, 0.15) is 36.9 Å². The van der Waals surface area contributed by atoms with Crippen molar-refractivity contribution in [3.63, 3.8) is 0 Å². The Morgan fingerprint density at radius 3 is 2.39 bits per heavy atom. The Bertz CT molecular complexity index is 382. The van der Waals surface area contributed by atoms with Crippen molar-refractivity contribution < 1.29 is 0 Å². The van der Waals surface area contributed by atoms with Gasteiger partial charge in [0.05, 0.1) is 5.69 Å². The van der Waals surface area contributed by atoms with Crippen LogP contribution in [0.3, 0.4) is 0 Å². The lowest BCUT2D eigenvalue weighted by Crippen LogP contribution is -2.28. The van der Waals surface area contributed by atoms with E-state index in [-0.39, 0.29) is 0 Å². The lowest BCUT2D eigenvalue weighted by atomic mass is 10.1. The van der Waals surface area contributed by atoms with Crippen molar-refractivity contribution in [2.75, 3.05) is 13.1 Å². The van der Waals surface area contributed by atoms with Crippen molar-refractivity contribution in [1.29, 1.82) is 0 Å². The van der Waals surface area contributed by atoms with Gasteiger partial charge in [-0.05, 0) is 49.1 Å². The minimum atomic E-state index is 0.552. The van der Waals surface area contributed by atoms with E-state index < -0.39 is 0 Å². The third-order valence-electron chi connectivity index (χ3n) is 4.00. The summed E-state index contributed by atoms with van der Waals surface area (Å²) in [5.41, 5.74) is 8.16. The zero-order valence-corrected chi connectivity index (χ0v) is 11.0. The lowest BCUT2D eigenvalue weighted by Gasteiger charge is -2.23. The van der Waals surface area contributed by atoms with Crippen LogP contribution in [0.4, 0.5) is 0 Å². The first-order valence-corrected chi connectivity index (χ1v) is 7.20. The number of aromatic nitrogens is 1. The summed E-state index contributed by atoms with van der Waals surface area (Å²) in [4.78, 5) is 7.02. The van der Waals surface area contributed by atoms with Gasteiger partial charge in [0.1, 0.15) is 0 Å². The van der Waals surface area contributed by atoms with Crippen LogP contribution in [-0.4, -0.2) is 23.0 Å². The Morgan fingerprint density at radius 1 is 1.17 bits per heavy atom. The molecule has 0 radical (unpaired) electrons. The SMILES string of the molecule is NCc1ncccc1CN(CC1CC1)CC1CC1. The minimum absolute atomic E-state index is 0.552.